The van der Waals surface area contributed by atoms with Crippen LogP contribution in [0, 0.1) is 27.7 Å². The molecule has 3 rings (SSSR count). The van der Waals surface area contributed by atoms with Crippen molar-refractivity contribution >= 4 is 38.9 Å². The number of carbonyl (C=O) groups is 1. The molecular weight excluding hydrogens is 432 g/mol. The van der Waals surface area contributed by atoms with Gasteiger partial charge in [-0.2, -0.15) is 0 Å². The average Bonchev–Trinajstić information content (AvgIpc) is 2.70. The van der Waals surface area contributed by atoms with Gasteiger partial charge in [-0.1, -0.05) is 47.0 Å². The van der Waals surface area contributed by atoms with E-state index in [-0.39, 0.29) is 11.4 Å². The molecule has 0 spiro atoms. The molecule has 7 heteroatoms. The van der Waals surface area contributed by atoms with Crippen molar-refractivity contribution in [3.05, 3.63) is 87.9 Å². The number of nitrogens with zero attached hydrogens (tertiary/aromatic N) is 1. The number of hydrogen-bond acceptors (Lipinski definition) is 3. The third-order valence-electron chi connectivity index (χ3n) is 4.95. The summed E-state index contributed by atoms with van der Waals surface area (Å²) < 4.78 is 27.9. The predicted molar refractivity (Wildman–Crippen MR) is 126 cm³/mol. The zero-order valence-electron chi connectivity index (χ0n) is 17.9. The summed E-state index contributed by atoms with van der Waals surface area (Å²) in [5.41, 5.74) is 5.04. The number of halogens is 1. The smallest absolute Gasteiger partial charge is 0.264 e. The number of aryl methyl sites for hydroxylation is 4. The Balaban J connectivity index is 1.96. The van der Waals surface area contributed by atoms with Gasteiger partial charge in [0.25, 0.3) is 10.0 Å². The maximum Gasteiger partial charge on any atom is 0.264 e. The number of carbonyl (C=O) groups excluding carboxylic acids is 1. The fraction of sp³-hybridized carbons (Fsp3) is 0.208. The number of anilines is 2. The van der Waals surface area contributed by atoms with Gasteiger partial charge in [0.1, 0.15) is 6.54 Å². The number of sulfonamides is 1. The molecule has 0 aliphatic carbocycles. The first-order valence-electron chi connectivity index (χ1n) is 9.80. The summed E-state index contributed by atoms with van der Waals surface area (Å²) in [4.78, 5) is 13.0. The summed E-state index contributed by atoms with van der Waals surface area (Å²) in [5.74, 6) is -0.423. The molecule has 0 heterocycles. The van der Waals surface area contributed by atoms with Crippen molar-refractivity contribution in [1.29, 1.82) is 0 Å². The molecule has 0 saturated carbocycles. The molecule has 5 nitrogen and oxygen atoms in total. The van der Waals surface area contributed by atoms with E-state index in [0.717, 1.165) is 26.6 Å². The summed E-state index contributed by atoms with van der Waals surface area (Å²) in [5, 5.41) is 3.32. The van der Waals surface area contributed by atoms with E-state index in [1.54, 1.807) is 12.1 Å². The van der Waals surface area contributed by atoms with E-state index in [0.29, 0.717) is 16.4 Å². The molecule has 31 heavy (non-hydrogen) atoms. The van der Waals surface area contributed by atoms with Gasteiger partial charge in [-0.3, -0.25) is 9.10 Å². The van der Waals surface area contributed by atoms with Crippen LogP contribution in [0.3, 0.4) is 0 Å². The highest BCUT2D eigenvalue weighted by atomic mass is 35.5. The Kier molecular flexibility index (Phi) is 6.72. The van der Waals surface area contributed by atoms with Crippen LogP contribution >= 0.6 is 11.6 Å². The van der Waals surface area contributed by atoms with Crippen molar-refractivity contribution in [1.82, 2.24) is 0 Å². The van der Waals surface area contributed by atoms with Gasteiger partial charge in [0.15, 0.2) is 0 Å². The summed E-state index contributed by atoms with van der Waals surface area (Å²) >= 11 is 5.92. The second-order valence-electron chi connectivity index (χ2n) is 7.62. The molecular formula is C24H25ClN2O3S. The van der Waals surface area contributed by atoms with Crippen molar-refractivity contribution in [2.75, 3.05) is 16.2 Å². The second-order valence-corrected chi connectivity index (χ2v) is 9.92. The van der Waals surface area contributed by atoms with Gasteiger partial charge in [-0.25, -0.2) is 8.42 Å². The topological polar surface area (TPSA) is 66.5 Å². The molecule has 0 aromatic heterocycles. The zero-order chi connectivity index (χ0) is 22.8. The van der Waals surface area contributed by atoms with Crippen LogP contribution in [0.1, 0.15) is 22.3 Å². The van der Waals surface area contributed by atoms with Crippen LogP contribution in [-0.4, -0.2) is 20.9 Å². The van der Waals surface area contributed by atoms with E-state index >= 15 is 0 Å². The summed E-state index contributed by atoms with van der Waals surface area (Å²) in [6, 6.07) is 16.9. The maximum absolute atomic E-state index is 13.4. The first-order valence-corrected chi connectivity index (χ1v) is 11.6. The van der Waals surface area contributed by atoms with Gasteiger partial charge in [-0.15, -0.1) is 0 Å². The Morgan fingerprint density at radius 1 is 0.871 bits per heavy atom. The van der Waals surface area contributed by atoms with E-state index in [9.17, 15) is 13.2 Å². The minimum atomic E-state index is -3.98. The van der Waals surface area contributed by atoms with Crippen LogP contribution in [0.15, 0.2) is 65.6 Å². The average molecular weight is 457 g/mol. The fourth-order valence-corrected chi connectivity index (χ4v) is 4.99. The fourth-order valence-electron chi connectivity index (χ4n) is 3.45. The van der Waals surface area contributed by atoms with Gasteiger partial charge >= 0.3 is 0 Å². The molecule has 0 aliphatic rings. The van der Waals surface area contributed by atoms with Crippen molar-refractivity contribution < 1.29 is 13.2 Å². The Morgan fingerprint density at radius 3 is 1.97 bits per heavy atom. The Bertz CT molecular complexity index is 1180. The molecule has 0 aliphatic heterocycles. The van der Waals surface area contributed by atoms with Crippen molar-refractivity contribution in [2.24, 2.45) is 0 Å². The van der Waals surface area contributed by atoms with Gasteiger partial charge in [0.2, 0.25) is 5.91 Å². The molecule has 3 aromatic carbocycles. The monoisotopic (exact) mass is 456 g/mol. The maximum atomic E-state index is 13.4. The number of amides is 1. The van der Waals surface area contributed by atoms with Crippen LogP contribution in [0.2, 0.25) is 5.02 Å². The van der Waals surface area contributed by atoms with Crippen LogP contribution in [0.25, 0.3) is 0 Å². The van der Waals surface area contributed by atoms with Crippen LogP contribution in [-0.2, 0) is 14.8 Å². The van der Waals surface area contributed by atoms with E-state index < -0.39 is 15.9 Å². The van der Waals surface area contributed by atoms with Crippen LogP contribution in [0.4, 0.5) is 11.4 Å². The van der Waals surface area contributed by atoms with Gasteiger partial charge in [-0.05, 0) is 75.2 Å². The molecule has 0 saturated heterocycles. The standard InChI is InChI=1S/C24H25ClN2O3S/c1-16-5-9-21(10-6-16)27(31(29,30)22-11-7-20(25)8-12-22)15-23(28)26-24-18(3)13-17(2)14-19(24)4/h5-14H,15H2,1-4H3,(H,26,28). The summed E-state index contributed by atoms with van der Waals surface area (Å²) in [6.07, 6.45) is 0. The highest BCUT2D eigenvalue weighted by Crippen LogP contribution is 2.26. The summed E-state index contributed by atoms with van der Waals surface area (Å²) in [6.45, 7) is 7.37. The first-order chi connectivity index (χ1) is 14.6. The van der Waals surface area contributed by atoms with E-state index in [2.05, 4.69) is 5.32 Å². The number of hydrogen-bond donors (Lipinski definition) is 1. The van der Waals surface area contributed by atoms with Gasteiger partial charge < -0.3 is 5.32 Å². The molecule has 0 fully saturated rings. The lowest BCUT2D eigenvalue weighted by atomic mass is 10.1. The predicted octanol–water partition coefficient (Wildman–Crippen LogP) is 5.41. The molecule has 162 valence electrons. The lowest BCUT2D eigenvalue weighted by Gasteiger charge is -2.25. The Morgan fingerprint density at radius 2 is 1.42 bits per heavy atom. The molecule has 0 bridgehead atoms. The molecule has 0 radical (unpaired) electrons. The van der Waals surface area contributed by atoms with Gasteiger partial charge in [0.05, 0.1) is 10.6 Å². The van der Waals surface area contributed by atoms with E-state index in [4.69, 9.17) is 11.6 Å². The highest BCUT2D eigenvalue weighted by Gasteiger charge is 2.27. The third-order valence-corrected chi connectivity index (χ3v) is 6.99. The molecule has 0 atom stereocenters. The largest absolute Gasteiger partial charge is 0.324 e. The molecule has 1 N–H and O–H groups in total. The quantitative estimate of drug-likeness (QED) is 0.539. The lowest BCUT2D eigenvalue weighted by molar-refractivity contribution is -0.114. The van der Waals surface area contributed by atoms with Crippen LogP contribution in [0.5, 0.6) is 0 Å². The number of nitrogens with one attached hydrogen (secondary N) is 1. The van der Waals surface area contributed by atoms with Crippen molar-refractivity contribution in [3.8, 4) is 0 Å². The third kappa shape index (κ3) is 5.27. The number of rotatable bonds is 6. The van der Waals surface area contributed by atoms with Crippen molar-refractivity contribution in [3.63, 3.8) is 0 Å². The van der Waals surface area contributed by atoms with Crippen molar-refractivity contribution in [2.45, 2.75) is 32.6 Å². The number of benzene rings is 3. The Labute approximate surface area is 188 Å². The second kappa shape index (κ2) is 9.12. The first kappa shape index (κ1) is 22.8. The van der Waals surface area contributed by atoms with Gasteiger partial charge in [0, 0.05) is 10.7 Å². The normalized spacial score (nSPS) is 11.3. The lowest BCUT2D eigenvalue weighted by Crippen LogP contribution is -2.38. The molecule has 3 aromatic rings. The van der Waals surface area contributed by atoms with E-state index in [1.165, 1.54) is 24.3 Å². The van der Waals surface area contributed by atoms with Crippen LogP contribution < -0.4 is 9.62 Å². The summed E-state index contributed by atoms with van der Waals surface area (Å²) in [7, 11) is -3.98. The zero-order valence-corrected chi connectivity index (χ0v) is 19.5. The SMILES string of the molecule is Cc1ccc(N(CC(=O)Nc2c(C)cc(C)cc2C)S(=O)(=O)c2ccc(Cl)cc2)cc1. The Hall–Kier alpha value is -2.83. The molecule has 1 amide bonds. The molecule has 0 unspecified atom stereocenters. The van der Waals surface area contributed by atoms with E-state index in [1.807, 2.05) is 52.0 Å². The highest BCUT2D eigenvalue weighted by molar-refractivity contribution is 7.92. The minimum Gasteiger partial charge on any atom is -0.324 e. The minimum absolute atomic E-state index is 0.0629.